The number of hydrogen-bond acceptors (Lipinski definition) is 4. The van der Waals surface area contributed by atoms with E-state index in [1.54, 1.807) is 17.2 Å². The Kier molecular flexibility index (Phi) is 5.96. The molecule has 1 N–H and O–H groups in total. The number of nitrogens with zero attached hydrogens (tertiary/aromatic N) is 3. The zero-order valence-electron chi connectivity index (χ0n) is 13.9. The Morgan fingerprint density at radius 3 is 2.79 bits per heavy atom. The highest BCUT2D eigenvalue weighted by Crippen LogP contribution is 2.20. The number of ether oxygens (including phenoxy) is 1. The molecule has 1 saturated carbocycles. The molecule has 6 nitrogen and oxygen atoms in total. The van der Waals surface area contributed by atoms with Gasteiger partial charge in [-0.05, 0) is 37.5 Å². The first-order chi connectivity index (χ1) is 11.8. The number of aromatic nitrogens is 3. The SMILES string of the molecule is O=C(NCCCOC1CCCCC1)c1cccc(-n2cnnc2)c1. The normalized spacial score (nSPS) is 15.3. The molecule has 2 aromatic rings. The predicted molar refractivity (Wildman–Crippen MR) is 91.1 cm³/mol. The molecule has 0 spiro atoms. The van der Waals surface area contributed by atoms with E-state index in [4.69, 9.17) is 4.74 Å². The molecule has 0 atom stereocenters. The molecule has 0 radical (unpaired) electrons. The lowest BCUT2D eigenvalue weighted by Crippen LogP contribution is -2.26. The van der Waals surface area contributed by atoms with Gasteiger partial charge in [-0.25, -0.2) is 0 Å². The van der Waals surface area contributed by atoms with Gasteiger partial charge in [-0.3, -0.25) is 9.36 Å². The molecule has 128 valence electrons. The summed E-state index contributed by atoms with van der Waals surface area (Å²) in [6, 6.07) is 7.41. The second kappa shape index (κ2) is 8.59. The summed E-state index contributed by atoms with van der Waals surface area (Å²) in [5.41, 5.74) is 1.50. The topological polar surface area (TPSA) is 69.0 Å². The Morgan fingerprint density at radius 1 is 1.21 bits per heavy atom. The maximum atomic E-state index is 12.2. The molecule has 1 aromatic carbocycles. The van der Waals surface area contributed by atoms with E-state index in [1.807, 2.05) is 24.3 Å². The van der Waals surface area contributed by atoms with Crippen LogP contribution in [0.4, 0.5) is 0 Å². The van der Waals surface area contributed by atoms with E-state index in [0.717, 1.165) is 12.1 Å². The highest BCUT2D eigenvalue weighted by Gasteiger charge is 2.13. The zero-order chi connectivity index (χ0) is 16.6. The molecule has 0 bridgehead atoms. The summed E-state index contributed by atoms with van der Waals surface area (Å²) < 4.78 is 7.64. The number of carbonyl (C=O) groups excluding carboxylic acids is 1. The van der Waals surface area contributed by atoms with Crippen molar-refractivity contribution in [3.05, 3.63) is 42.5 Å². The van der Waals surface area contributed by atoms with Crippen molar-refractivity contribution in [2.75, 3.05) is 13.2 Å². The van der Waals surface area contributed by atoms with Crippen LogP contribution >= 0.6 is 0 Å². The van der Waals surface area contributed by atoms with E-state index in [9.17, 15) is 4.79 Å². The lowest BCUT2D eigenvalue weighted by molar-refractivity contribution is 0.0273. The van der Waals surface area contributed by atoms with Gasteiger partial charge in [0.05, 0.1) is 6.10 Å². The average Bonchev–Trinajstić information content (AvgIpc) is 3.17. The first-order valence-corrected chi connectivity index (χ1v) is 8.68. The van der Waals surface area contributed by atoms with Crippen LogP contribution in [0.2, 0.25) is 0 Å². The molecule has 24 heavy (non-hydrogen) atoms. The minimum absolute atomic E-state index is 0.0670. The van der Waals surface area contributed by atoms with E-state index in [0.29, 0.717) is 24.8 Å². The molecule has 1 aromatic heterocycles. The largest absolute Gasteiger partial charge is 0.378 e. The van der Waals surface area contributed by atoms with E-state index in [2.05, 4.69) is 15.5 Å². The van der Waals surface area contributed by atoms with E-state index in [1.165, 1.54) is 32.1 Å². The highest BCUT2D eigenvalue weighted by molar-refractivity contribution is 5.94. The van der Waals surface area contributed by atoms with E-state index < -0.39 is 0 Å². The number of benzene rings is 1. The molecule has 0 saturated heterocycles. The number of hydrogen-bond donors (Lipinski definition) is 1. The van der Waals surface area contributed by atoms with Gasteiger partial charge in [-0.15, -0.1) is 10.2 Å². The van der Waals surface area contributed by atoms with E-state index >= 15 is 0 Å². The summed E-state index contributed by atoms with van der Waals surface area (Å²) in [5.74, 6) is -0.0670. The van der Waals surface area contributed by atoms with Gasteiger partial charge in [-0.2, -0.15) is 0 Å². The van der Waals surface area contributed by atoms with Gasteiger partial charge in [-0.1, -0.05) is 25.3 Å². The van der Waals surface area contributed by atoms with E-state index in [-0.39, 0.29) is 5.91 Å². The van der Waals surface area contributed by atoms with Crippen LogP contribution < -0.4 is 5.32 Å². The summed E-state index contributed by atoms with van der Waals surface area (Å²) in [5, 5.41) is 10.5. The molecular weight excluding hydrogens is 304 g/mol. The fourth-order valence-electron chi connectivity index (χ4n) is 3.00. The van der Waals surface area contributed by atoms with Crippen LogP contribution in [0.1, 0.15) is 48.9 Å². The van der Waals surface area contributed by atoms with Crippen molar-refractivity contribution in [2.45, 2.75) is 44.6 Å². The Labute approximate surface area is 142 Å². The maximum Gasteiger partial charge on any atom is 0.251 e. The highest BCUT2D eigenvalue weighted by atomic mass is 16.5. The van der Waals surface area contributed by atoms with Gasteiger partial charge in [0.25, 0.3) is 5.91 Å². The van der Waals surface area contributed by atoms with Gasteiger partial charge in [0.2, 0.25) is 0 Å². The molecule has 1 heterocycles. The fraction of sp³-hybridized carbons (Fsp3) is 0.500. The van der Waals surface area contributed by atoms with Gasteiger partial charge in [0.15, 0.2) is 0 Å². The smallest absolute Gasteiger partial charge is 0.251 e. The third-order valence-corrected chi connectivity index (χ3v) is 4.34. The Bertz CT molecular complexity index is 636. The summed E-state index contributed by atoms with van der Waals surface area (Å²) >= 11 is 0. The number of rotatable bonds is 7. The minimum Gasteiger partial charge on any atom is -0.378 e. The third kappa shape index (κ3) is 4.64. The first kappa shape index (κ1) is 16.6. The predicted octanol–water partition coefficient (Wildman–Crippen LogP) is 2.74. The maximum absolute atomic E-state index is 12.2. The Morgan fingerprint density at radius 2 is 2.00 bits per heavy atom. The monoisotopic (exact) mass is 328 g/mol. The summed E-state index contributed by atoms with van der Waals surface area (Å²) in [6.07, 6.45) is 10.8. The standard InChI is InChI=1S/C18H24N4O2/c23-18(19-10-5-11-24-17-8-2-1-3-9-17)15-6-4-7-16(12-15)22-13-20-21-14-22/h4,6-7,12-14,17H,1-3,5,8-11H2,(H,19,23). The molecule has 1 amide bonds. The van der Waals surface area contributed by atoms with Crippen LogP contribution in [0.15, 0.2) is 36.9 Å². The van der Waals surface area contributed by atoms with Crippen LogP contribution in [0.3, 0.4) is 0 Å². The summed E-state index contributed by atoms with van der Waals surface area (Å²) in [7, 11) is 0. The van der Waals surface area contributed by atoms with Crippen LogP contribution in [0, 0.1) is 0 Å². The molecule has 1 aliphatic carbocycles. The molecule has 1 fully saturated rings. The minimum atomic E-state index is -0.0670. The van der Waals surface area contributed by atoms with Crippen molar-refractivity contribution in [3.63, 3.8) is 0 Å². The number of amides is 1. The van der Waals surface area contributed by atoms with Crippen LogP contribution in [-0.2, 0) is 4.74 Å². The van der Waals surface area contributed by atoms with Gasteiger partial charge < -0.3 is 10.1 Å². The summed E-state index contributed by atoms with van der Waals surface area (Å²) in [4.78, 5) is 12.2. The number of carbonyl (C=O) groups is 1. The van der Waals surface area contributed by atoms with Gasteiger partial charge in [0, 0.05) is 24.4 Å². The molecule has 6 heteroatoms. The Hall–Kier alpha value is -2.21. The second-order valence-electron chi connectivity index (χ2n) is 6.16. The lowest BCUT2D eigenvalue weighted by Gasteiger charge is -2.21. The fourth-order valence-corrected chi connectivity index (χ4v) is 3.00. The molecular formula is C18H24N4O2. The summed E-state index contributed by atoms with van der Waals surface area (Å²) in [6.45, 7) is 1.34. The van der Waals surface area contributed by atoms with Gasteiger partial charge in [0.1, 0.15) is 12.7 Å². The quantitative estimate of drug-likeness (QED) is 0.794. The first-order valence-electron chi connectivity index (χ1n) is 8.68. The Balaban J connectivity index is 1.41. The van der Waals surface area contributed by atoms with Crippen molar-refractivity contribution in [1.29, 1.82) is 0 Å². The van der Waals surface area contributed by atoms with Crippen LogP contribution in [-0.4, -0.2) is 39.9 Å². The molecule has 0 aliphatic heterocycles. The van der Waals surface area contributed by atoms with Crippen molar-refractivity contribution in [3.8, 4) is 5.69 Å². The second-order valence-corrected chi connectivity index (χ2v) is 6.16. The number of nitrogens with one attached hydrogen (secondary N) is 1. The zero-order valence-corrected chi connectivity index (χ0v) is 13.9. The van der Waals surface area contributed by atoms with Crippen molar-refractivity contribution < 1.29 is 9.53 Å². The molecule has 3 rings (SSSR count). The van der Waals surface area contributed by atoms with Crippen molar-refractivity contribution in [1.82, 2.24) is 20.1 Å². The lowest BCUT2D eigenvalue weighted by atomic mass is 9.98. The van der Waals surface area contributed by atoms with Crippen molar-refractivity contribution >= 4 is 5.91 Å². The average molecular weight is 328 g/mol. The van der Waals surface area contributed by atoms with Gasteiger partial charge >= 0.3 is 0 Å². The molecule has 0 unspecified atom stereocenters. The van der Waals surface area contributed by atoms with Crippen molar-refractivity contribution in [2.24, 2.45) is 0 Å². The molecule has 1 aliphatic rings. The van der Waals surface area contributed by atoms with Crippen LogP contribution in [0.5, 0.6) is 0 Å². The van der Waals surface area contributed by atoms with Crippen LogP contribution in [0.25, 0.3) is 5.69 Å². The third-order valence-electron chi connectivity index (χ3n) is 4.34.